The Balaban J connectivity index is 2.77. The van der Waals surface area contributed by atoms with Gasteiger partial charge in [0.05, 0.1) is 6.10 Å². The third-order valence-electron chi connectivity index (χ3n) is 1.58. The van der Waals surface area contributed by atoms with E-state index in [1.165, 1.54) is 0 Å². The third kappa shape index (κ3) is 1.24. The van der Waals surface area contributed by atoms with Gasteiger partial charge in [0.1, 0.15) is 4.87 Å². The van der Waals surface area contributed by atoms with E-state index in [1.54, 1.807) is 24.3 Å². The largest absolute Gasteiger partial charge is 0.387 e. The van der Waals surface area contributed by atoms with Gasteiger partial charge in [-0.3, -0.25) is 0 Å². The first kappa shape index (κ1) is 7.79. The van der Waals surface area contributed by atoms with E-state index in [0.717, 1.165) is 0 Å². The molecule has 3 heteroatoms. The van der Waals surface area contributed by atoms with Crippen molar-refractivity contribution in [3.63, 3.8) is 0 Å². The Hall–Kier alpha value is -0.310. The van der Waals surface area contributed by atoms with Crippen LogP contribution in [0.3, 0.4) is 0 Å². The predicted octanol–water partition coefficient (Wildman–Crippen LogP) is 0.410. The fraction of sp³-hybridized carbons (Fsp3) is 0.429. The lowest BCUT2D eigenvalue weighted by Gasteiger charge is -2.27. The second-order valence-corrected chi connectivity index (χ2v) is 3.02. The fourth-order valence-electron chi connectivity index (χ4n) is 0.832. The Kier molecular flexibility index (Phi) is 2.14. The summed E-state index contributed by atoms with van der Waals surface area (Å²) >= 11 is 5.90. The average molecular weight is 160 g/mol. The Bertz CT molecular complexity index is 178. The van der Waals surface area contributed by atoms with Gasteiger partial charge in [0, 0.05) is 6.54 Å². The lowest BCUT2D eigenvalue weighted by atomic mass is 9.97. The lowest BCUT2D eigenvalue weighted by molar-refractivity contribution is 0.191. The number of aliphatic hydroxyl groups is 1. The van der Waals surface area contributed by atoms with Gasteiger partial charge >= 0.3 is 0 Å². The first-order valence-corrected chi connectivity index (χ1v) is 3.50. The van der Waals surface area contributed by atoms with E-state index in [0.29, 0.717) is 0 Å². The van der Waals surface area contributed by atoms with Crippen LogP contribution in [0.15, 0.2) is 24.3 Å². The Morgan fingerprint density at radius 1 is 1.60 bits per heavy atom. The SMILES string of the molecule is NCC1(Cl)C=CC=CC1O. The first-order chi connectivity index (χ1) is 4.69. The Morgan fingerprint density at radius 3 is 2.70 bits per heavy atom. The highest BCUT2D eigenvalue weighted by molar-refractivity contribution is 6.26. The number of hydrogen-bond donors (Lipinski definition) is 2. The number of halogens is 1. The van der Waals surface area contributed by atoms with Gasteiger partial charge < -0.3 is 10.8 Å². The number of allylic oxidation sites excluding steroid dienone is 2. The molecule has 0 bridgehead atoms. The highest BCUT2D eigenvalue weighted by Crippen LogP contribution is 2.24. The minimum atomic E-state index is -0.783. The molecule has 0 radical (unpaired) electrons. The second-order valence-electron chi connectivity index (χ2n) is 2.32. The maximum absolute atomic E-state index is 9.28. The summed E-state index contributed by atoms with van der Waals surface area (Å²) in [4.78, 5) is -0.783. The molecule has 2 nitrogen and oxygen atoms in total. The summed E-state index contributed by atoms with van der Waals surface area (Å²) in [7, 11) is 0. The van der Waals surface area contributed by atoms with Crippen molar-refractivity contribution in [1.82, 2.24) is 0 Å². The van der Waals surface area contributed by atoms with Crippen molar-refractivity contribution in [2.45, 2.75) is 11.0 Å². The molecule has 2 unspecified atom stereocenters. The normalized spacial score (nSPS) is 38.5. The van der Waals surface area contributed by atoms with E-state index in [4.69, 9.17) is 17.3 Å². The molecule has 1 aliphatic rings. The first-order valence-electron chi connectivity index (χ1n) is 3.12. The molecule has 1 aliphatic carbocycles. The molecule has 2 atom stereocenters. The number of alkyl halides is 1. The van der Waals surface area contributed by atoms with Gasteiger partial charge in [0.25, 0.3) is 0 Å². The van der Waals surface area contributed by atoms with Gasteiger partial charge in [-0.15, -0.1) is 11.6 Å². The van der Waals surface area contributed by atoms with Crippen LogP contribution in [0.1, 0.15) is 0 Å². The zero-order valence-electron chi connectivity index (χ0n) is 5.50. The molecule has 3 N–H and O–H groups in total. The number of aliphatic hydroxyl groups excluding tert-OH is 1. The predicted molar refractivity (Wildman–Crippen MR) is 41.9 cm³/mol. The van der Waals surface area contributed by atoms with E-state index in [2.05, 4.69) is 0 Å². The molecule has 0 aliphatic heterocycles. The number of nitrogens with two attached hydrogens (primary N) is 1. The zero-order chi connectivity index (χ0) is 7.61. The summed E-state index contributed by atoms with van der Waals surface area (Å²) in [6.07, 6.45) is 6.20. The molecule has 1 rings (SSSR count). The molecule has 0 aromatic carbocycles. The molecule has 0 saturated carbocycles. The van der Waals surface area contributed by atoms with Crippen LogP contribution in [0.4, 0.5) is 0 Å². The highest BCUT2D eigenvalue weighted by Gasteiger charge is 2.30. The summed E-state index contributed by atoms with van der Waals surface area (Å²) in [6.45, 7) is 0.247. The topological polar surface area (TPSA) is 46.2 Å². The van der Waals surface area contributed by atoms with Crippen molar-refractivity contribution in [1.29, 1.82) is 0 Å². The summed E-state index contributed by atoms with van der Waals surface area (Å²) in [5.74, 6) is 0. The summed E-state index contributed by atoms with van der Waals surface area (Å²) < 4.78 is 0. The summed E-state index contributed by atoms with van der Waals surface area (Å²) in [5.41, 5.74) is 5.35. The number of hydrogen-bond acceptors (Lipinski definition) is 2. The van der Waals surface area contributed by atoms with Crippen molar-refractivity contribution in [2.75, 3.05) is 6.54 Å². The van der Waals surface area contributed by atoms with E-state index in [-0.39, 0.29) is 6.54 Å². The molecule has 56 valence electrons. The van der Waals surface area contributed by atoms with Crippen LogP contribution >= 0.6 is 11.6 Å². The zero-order valence-corrected chi connectivity index (χ0v) is 6.25. The fourth-order valence-corrected chi connectivity index (χ4v) is 0.978. The van der Waals surface area contributed by atoms with Crippen LogP contribution in [0, 0.1) is 0 Å². The smallest absolute Gasteiger partial charge is 0.104 e. The molecule has 0 amide bonds. The van der Waals surface area contributed by atoms with E-state index < -0.39 is 11.0 Å². The van der Waals surface area contributed by atoms with Gasteiger partial charge in [-0.2, -0.15) is 0 Å². The standard InChI is InChI=1S/C7H10ClNO/c8-7(5-9)4-2-1-3-6(7)10/h1-4,6,10H,5,9H2. The minimum Gasteiger partial charge on any atom is -0.387 e. The highest BCUT2D eigenvalue weighted by atomic mass is 35.5. The maximum Gasteiger partial charge on any atom is 0.104 e. The molecule has 0 aromatic heterocycles. The molecule has 0 fully saturated rings. The Morgan fingerprint density at radius 2 is 2.30 bits per heavy atom. The summed E-state index contributed by atoms with van der Waals surface area (Å²) in [5, 5.41) is 9.28. The Labute approximate surface area is 65.0 Å². The van der Waals surface area contributed by atoms with Gasteiger partial charge in [-0.25, -0.2) is 0 Å². The molecule has 10 heavy (non-hydrogen) atoms. The van der Waals surface area contributed by atoms with Crippen molar-refractivity contribution in [2.24, 2.45) is 5.73 Å². The van der Waals surface area contributed by atoms with Crippen molar-refractivity contribution in [3.05, 3.63) is 24.3 Å². The molecule has 0 saturated heterocycles. The summed E-state index contributed by atoms with van der Waals surface area (Å²) in [6, 6.07) is 0. The molecule has 0 heterocycles. The maximum atomic E-state index is 9.28. The van der Waals surface area contributed by atoms with Gasteiger partial charge in [-0.1, -0.05) is 24.3 Å². The van der Waals surface area contributed by atoms with Crippen LogP contribution in [-0.2, 0) is 0 Å². The van der Waals surface area contributed by atoms with Crippen molar-refractivity contribution in [3.8, 4) is 0 Å². The van der Waals surface area contributed by atoms with E-state index in [9.17, 15) is 5.11 Å². The third-order valence-corrected chi connectivity index (χ3v) is 2.09. The monoisotopic (exact) mass is 159 g/mol. The van der Waals surface area contributed by atoms with Crippen LogP contribution in [-0.4, -0.2) is 22.6 Å². The lowest BCUT2D eigenvalue weighted by Crippen LogP contribution is -2.41. The van der Waals surface area contributed by atoms with Gasteiger partial charge in [0.15, 0.2) is 0 Å². The minimum absolute atomic E-state index is 0.247. The van der Waals surface area contributed by atoms with Gasteiger partial charge in [-0.05, 0) is 0 Å². The van der Waals surface area contributed by atoms with Crippen LogP contribution < -0.4 is 5.73 Å². The van der Waals surface area contributed by atoms with Crippen molar-refractivity contribution < 1.29 is 5.11 Å². The van der Waals surface area contributed by atoms with Crippen LogP contribution in [0.5, 0.6) is 0 Å². The van der Waals surface area contributed by atoms with Crippen molar-refractivity contribution >= 4 is 11.6 Å². The number of rotatable bonds is 1. The quantitative estimate of drug-likeness (QED) is 0.545. The van der Waals surface area contributed by atoms with E-state index >= 15 is 0 Å². The van der Waals surface area contributed by atoms with Crippen LogP contribution in [0.2, 0.25) is 0 Å². The van der Waals surface area contributed by atoms with E-state index in [1.807, 2.05) is 0 Å². The average Bonchev–Trinajstić information content (AvgIpc) is 1.96. The molecular weight excluding hydrogens is 150 g/mol. The molecular formula is C7H10ClNO. The molecule has 0 aromatic rings. The van der Waals surface area contributed by atoms with Gasteiger partial charge in [0.2, 0.25) is 0 Å². The second kappa shape index (κ2) is 2.74. The molecule has 0 spiro atoms. The van der Waals surface area contributed by atoms with Crippen LogP contribution in [0.25, 0.3) is 0 Å².